The van der Waals surface area contributed by atoms with Gasteiger partial charge in [0.05, 0.1) is 12.6 Å². The molecule has 0 aliphatic carbocycles. The van der Waals surface area contributed by atoms with Gasteiger partial charge in [0, 0.05) is 29.5 Å². The number of carbonyl (C=O) groups is 1. The third-order valence-electron chi connectivity index (χ3n) is 2.69. The Bertz CT molecular complexity index is 379. The molecule has 4 nitrogen and oxygen atoms in total. The van der Waals surface area contributed by atoms with Crippen molar-refractivity contribution in [3.05, 3.63) is 21.9 Å². The van der Waals surface area contributed by atoms with E-state index >= 15 is 0 Å². The zero-order valence-corrected chi connectivity index (χ0v) is 12.3. The number of hydrogen-bond acceptors (Lipinski definition) is 4. The first-order valence-corrected chi connectivity index (χ1v) is 6.95. The van der Waals surface area contributed by atoms with Gasteiger partial charge in [-0.05, 0) is 32.9 Å². The van der Waals surface area contributed by atoms with Crippen LogP contribution in [0.3, 0.4) is 0 Å². The maximum Gasteiger partial charge on any atom is 0.236 e. The first kappa shape index (κ1) is 15.1. The normalized spacial score (nSPS) is 14.2. The molecule has 2 atom stereocenters. The minimum Gasteiger partial charge on any atom is -0.383 e. The molecule has 1 aromatic rings. The van der Waals surface area contributed by atoms with Crippen LogP contribution >= 0.6 is 11.3 Å². The van der Waals surface area contributed by atoms with Gasteiger partial charge in [-0.2, -0.15) is 0 Å². The van der Waals surface area contributed by atoms with Crippen LogP contribution in [0.15, 0.2) is 12.1 Å². The van der Waals surface area contributed by atoms with Crippen LogP contribution in [0.25, 0.3) is 0 Å². The third-order valence-corrected chi connectivity index (χ3v) is 3.87. The van der Waals surface area contributed by atoms with Gasteiger partial charge >= 0.3 is 0 Å². The minimum absolute atomic E-state index is 0.00665. The molecule has 0 aliphatic rings. The molecule has 18 heavy (non-hydrogen) atoms. The first-order valence-electron chi connectivity index (χ1n) is 6.13. The van der Waals surface area contributed by atoms with Crippen molar-refractivity contribution in [3.8, 4) is 0 Å². The second-order valence-electron chi connectivity index (χ2n) is 4.34. The van der Waals surface area contributed by atoms with E-state index in [0.717, 1.165) is 0 Å². The summed E-state index contributed by atoms with van der Waals surface area (Å²) in [4.78, 5) is 14.3. The van der Waals surface area contributed by atoms with E-state index in [2.05, 4.69) is 36.6 Å². The zero-order valence-electron chi connectivity index (χ0n) is 11.4. The lowest BCUT2D eigenvalue weighted by atomic mass is 10.2. The summed E-state index contributed by atoms with van der Waals surface area (Å²) in [6.45, 7) is 7.12. The summed E-state index contributed by atoms with van der Waals surface area (Å²) >= 11 is 1.76. The molecule has 1 rings (SSSR count). The maximum atomic E-state index is 11.8. The fraction of sp³-hybridized carbons (Fsp3) is 0.615. The number of hydrogen-bond donors (Lipinski definition) is 2. The van der Waals surface area contributed by atoms with Crippen LogP contribution in [0, 0.1) is 6.92 Å². The predicted molar refractivity (Wildman–Crippen MR) is 75.0 cm³/mol. The largest absolute Gasteiger partial charge is 0.383 e. The molecule has 0 spiro atoms. The quantitative estimate of drug-likeness (QED) is 0.744. The number of rotatable bonds is 7. The lowest BCUT2D eigenvalue weighted by Crippen LogP contribution is -2.43. The Morgan fingerprint density at radius 1 is 1.44 bits per heavy atom. The fourth-order valence-electron chi connectivity index (χ4n) is 1.65. The van der Waals surface area contributed by atoms with Gasteiger partial charge in [0.2, 0.25) is 5.91 Å². The number of methoxy groups -OCH3 is 1. The highest BCUT2D eigenvalue weighted by Gasteiger charge is 2.16. The van der Waals surface area contributed by atoms with Gasteiger partial charge in [-0.3, -0.25) is 10.1 Å². The summed E-state index contributed by atoms with van der Waals surface area (Å²) in [6.07, 6.45) is 0. The molecular formula is C13H22N2O2S. The van der Waals surface area contributed by atoms with Crippen LogP contribution in [-0.2, 0) is 9.53 Å². The highest BCUT2D eigenvalue weighted by atomic mass is 32.1. The molecule has 0 aromatic carbocycles. The summed E-state index contributed by atoms with van der Waals surface area (Å²) in [6, 6.07) is 4.18. The van der Waals surface area contributed by atoms with Crippen molar-refractivity contribution in [1.29, 1.82) is 0 Å². The summed E-state index contributed by atoms with van der Waals surface area (Å²) in [7, 11) is 1.62. The Balaban J connectivity index is 2.39. The number of nitrogens with one attached hydrogen (secondary N) is 2. The van der Waals surface area contributed by atoms with Crippen molar-refractivity contribution >= 4 is 17.2 Å². The van der Waals surface area contributed by atoms with Crippen LogP contribution in [0.2, 0.25) is 0 Å². The molecule has 0 saturated heterocycles. The van der Waals surface area contributed by atoms with Crippen LogP contribution < -0.4 is 10.6 Å². The van der Waals surface area contributed by atoms with Crippen LogP contribution in [0.4, 0.5) is 0 Å². The fourth-order valence-corrected chi connectivity index (χ4v) is 2.54. The molecule has 0 saturated carbocycles. The molecule has 2 unspecified atom stereocenters. The Labute approximate surface area is 113 Å². The number of thiophene rings is 1. The first-order chi connectivity index (χ1) is 8.54. The Kier molecular flexibility index (Phi) is 6.32. The smallest absolute Gasteiger partial charge is 0.236 e. The van der Waals surface area contributed by atoms with E-state index in [9.17, 15) is 4.79 Å². The van der Waals surface area contributed by atoms with Gasteiger partial charge in [-0.15, -0.1) is 11.3 Å². The molecular weight excluding hydrogens is 248 g/mol. The van der Waals surface area contributed by atoms with Crippen LogP contribution in [-0.4, -0.2) is 32.2 Å². The summed E-state index contributed by atoms with van der Waals surface area (Å²) in [5, 5.41) is 6.12. The van der Waals surface area contributed by atoms with Crippen LogP contribution in [0.5, 0.6) is 0 Å². The Hall–Kier alpha value is -0.910. The molecule has 0 radical (unpaired) electrons. The van der Waals surface area contributed by atoms with Crippen molar-refractivity contribution in [3.63, 3.8) is 0 Å². The van der Waals surface area contributed by atoms with E-state index in [1.165, 1.54) is 9.75 Å². The number of aryl methyl sites for hydroxylation is 1. The minimum atomic E-state index is -0.209. The second-order valence-corrected chi connectivity index (χ2v) is 5.66. The van der Waals surface area contributed by atoms with E-state index in [1.54, 1.807) is 18.4 Å². The molecule has 0 bridgehead atoms. The highest BCUT2D eigenvalue weighted by Crippen LogP contribution is 2.22. The van der Waals surface area contributed by atoms with E-state index in [1.807, 2.05) is 6.92 Å². The van der Waals surface area contributed by atoms with Crippen molar-refractivity contribution in [1.82, 2.24) is 10.6 Å². The lowest BCUT2D eigenvalue weighted by Gasteiger charge is -2.18. The molecule has 2 N–H and O–H groups in total. The molecule has 0 aliphatic heterocycles. The highest BCUT2D eigenvalue weighted by molar-refractivity contribution is 7.12. The summed E-state index contributed by atoms with van der Waals surface area (Å²) in [5.41, 5.74) is 0. The topological polar surface area (TPSA) is 50.4 Å². The number of carbonyl (C=O) groups excluding carboxylic acids is 1. The number of ether oxygens (including phenoxy) is 1. The molecule has 1 amide bonds. The molecule has 5 heteroatoms. The Morgan fingerprint density at radius 2 is 2.17 bits per heavy atom. The predicted octanol–water partition coefficient (Wildman–Crippen LogP) is 1.86. The van der Waals surface area contributed by atoms with Gasteiger partial charge in [-0.25, -0.2) is 0 Å². The number of amides is 1. The zero-order chi connectivity index (χ0) is 13.5. The van der Waals surface area contributed by atoms with E-state index in [0.29, 0.717) is 13.2 Å². The molecule has 1 aromatic heterocycles. The summed E-state index contributed by atoms with van der Waals surface area (Å²) < 4.78 is 4.89. The average Bonchev–Trinajstić information content (AvgIpc) is 2.76. The van der Waals surface area contributed by atoms with Crippen molar-refractivity contribution in [2.24, 2.45) is 0 Å². The van der Waals surface area contributed by atoms with E-state index < -0.39 is 0 Å². The molecule has 0 fully saturated rings. The van der Waals surface area contributed by atoms with Crippen molar-refractivity contribution in [2.45, 2.75) is 32.9 Å². The Morgan fingerprint density at radius 3 is 2.72 bits per heavy atom. The van der Waals surface area contributed by atoms with Gasteiger partial charge in [-0.1, -0.05) is 0 Å². The standard InChI is InChI=1S/C13H22N2O2S/c1-9-5-6-12(18-9)10(2)15-11(3)13(16)14-7-8-17-4/h5-6,10-11,15H,7-8H2,1-4H3,(H,14,16). The SMILES string of the molecule is COCCNC(=O)C(C)NC(C)c1ccc(C)s1. The maximum absolute atomic E-state index is 11.8. The van der Waals surface area contributed by atoms with Crippen LogP contribution in [0.1, 0.15) is 29.6 Å². The second kappa shape index (κ2) is 7.51. The monoisotopic (exact) mass is 270 g/mol. The van der Waals surface area contributed by atoms with Gasteiger partial charge in [0.25, 0.3) is 0 Å². The average molecular weight is 270 g/mol. The van der Waals surface area contributed by atoms with Crippen molar-refractivity contribution < 1.29 is 9.53 Å². The van der Waals surface area contributed by atoms with E-state index in [4.69, 9.17) is 4.74 Å². The van der Waals surface area contributed by atoms with Gasteiger partial charge in [0.15, 0.2) is 0 Å². The molecule has 1 heterocycles. The summed E-state index contributed by atoms with van der Waals surface area (Å²) in [5.74, 6) is 0.00665. The van der Waals surface area contributed by atoms with Gasteiger partial charge in [0.1, 0.15) is 0 Å². The van der Waals surface area contributed by atoms with Gasteiger partial charge < -0.3 is 10.1 Å². The lowest BCUT2D eigenvalue weighted by molar-refractivity contribution is -0.123. The van der Waals surface area contributed by atoms with Crippen molar-refractivity contribution in [2.75, 3.05) is 20.3 Å². The van der Waals surface area contributed by atoms with E-state index in [-0.39, 0.29) is 18.0 Å². The molecule has 102 valence electrons. The third kappa shape index (κ3) is 4.76.